The van der Waals surface area contributed by atoms with Crippen molar-refractivity contribution in [2.45, 2.75) is 108 Å². The lowest BCUT2D eigenvalue weighted by Gasteiger charge is -2.05. The maximum atomic E-state index is 11.6. The van der Waals surface area contributed by atoms with Crippen LogP contribution in [0.3, 0.4) is 0 Å². The number of sulfonamides is 1. The molecular weight excluding hydrogens is 350 g/mol. The van der Waals surface area contributed by atoms with E-state index < -0.39 is 10.0 Å². The highest BCUT2D eigenvalue weighted by Gasteiger charge is 2.34. The summed E-state index contributed by atoms with van der Waals surface area (Å²) in [6.45, 7) is 0.610. The van der Waals surface area contributed by atoms with E-state index >= 15 is 0 Å². The number of methoxy groups -OCH3 is 1. The summed E-state index contributed by atoms with van der Waals surface area (Å²) in [6.07, 6.45) is 17.9. The first-order chi connectivity index (χ1) is 12.6. The van der Waals surface area contributed by atoms with Gasteiger partial charge in [0.2, 0.25) is 10.0 Å². The third-order valence-electron chi connectivity index (χ3n) is 5.05. The van der Waals surface area contributed by atoms with Gasteiger partial charge in [-0.2, -0.15) is 0 Å². The number of esters is 1. The monoisotopic (exact) mass is 389 g/mol. The number of ether oxygens (including phenoxy) is 1. The molecule has 0 radical (unpaired) electrons. The third kappa shape index (κ3) is 12.7. The van der Waals surface area contributed by atoms with Gasteiger partial charge in [0.15, 0.2) is 0 Å². The van der Waals surface area contributed by atoms with E-state index in [0.29, 0.717) is 13.0 Å². The lowest BCUT2D eigenvalue weighted by Crippen LogP contribution is -2.28. The van der Waals surface area contributed by atoms with E-state index in [1.807, 2.05) is 0 Å². The molecule has 1 rings (SSSR count). The average Bonchev–Trinajstić information content (AvgIpc) is 3.46. The molecule has 0 aromatic heterocycles. The number of unbranched alkanes of at least 4 members (excludes halogenated alkanes) is 12. The first-order valence-corrected chi connectivity index (χ1v) is 12.2. The summed E-state index contributed by atoms with van der Waals surface area (Å²) in [4.78, 5) is 11.0. The lowest BCUT2D eigenvalue weighted by atomic mass is 10.0. The van der Waals surface area contributed by atoms with Gasteiger partial charge in [-0.3, -0.25) is 4.79 Å². The smallest absolute Gasteiger partial charge is 0.305 e. The van der Waals surface area contributed by atoms with Gasteiger partial charge in [-0.05, 0) is 25.7 Å². The molecule has 0 saturated heterocycles. The van der Waals surface area contributed by atoms with E-state index in [1.165, 1.54) is 64.9 Å². The van der Waals surface area contributed by atoms with Crippen molar-refractivity contribution in [1.82, 2.24) is 4.72 Å². The molecule has 1 aliphatic rings. The van der Waals surface area contributed by atoms with Gasteiger partial charge >= 0.3 is 5.97 Å². The van der Waals surface area contributed by atoms with Crippen LogP contribution in [0.1, 0.15) is 103 Å². The van der Waals surface area contributed by atoms with E-state index in [2.05, 4.69) is 9.46 Å². The zero-order chi connectivity index (χ0) is 19.1. The Labute approximate surface area is 160 Å². The van der Waals surface area contributed by atoms with Gasteiger partial charge in [-0.1, -0.05) is 70.6 Å². The van der Waals surface area contributed by atoms with Crippen LogP contribution in [0.5, 0.6) is 0 Å². The molecule has 0 unspecified atom stereocenters. The lowest BCUT2D eigenvalue weighted by molar-refractivity contribution is -0.140. The molecule has 0 aromatic rings. The van der Waals surface area contributed by atoms with Crippen molar-refractivity contribution in [2.24, 2.45) is 0 Å². The van der Waals surface area contributed by atoms with Gasteiger partial charge < -0.3 is 4.74 Å². The Bertz CT molecular complexity index is 460. The highest BCUT2D eigenvalue weighted by Crippen LogP contribution is 2.27. The van der Waals surface area contributed by atoms with Crippen LogP contribution in [0.2, 0.25) is 0 Å². The summed E-state index contributed by atoms with van der Waals surface area (Å²) in [6, 6.07) is 0. The van der Waals surface area contributed by atoms with Crippen molar-refractivity contribution < 1.29 is 17.9 Å². The zero-order valence-electron chi connectivity index (χ0n) is 16.6. The molecule has 1 aliphatic carbocycles. The molecule has 154 valence electrons. The van der Waals surface area contributed by atoms with Gasteiger partial charge in [0, 0.05) is 13.0 Å². The molecule has 0 bridgehead atoms. The van der Waals surface area contributed by atoms with E-state index in [9.17, 15) is 13.2 Å². The Kier molecular flexibility index (Phi) is 13.0. The number of carbonyl (C=O) groups excluding carboxylic acids is 1. The van der Waals surface area contributed by atoms with Crippen molar-refractivity contribution in [1.29, 1.82) is 0 Å². The highest BCUT2D eigenvalue weighted by molar-refractivity contribution is 7.90. The Morgan fingerprint density at radius 2 is 1.23 bits per heavy atom. The van der Waals surface area contributed by atoms with Gasteiger partial charge in [-0.15, -0.1) is 0 Å². The van der Waals surface area contributed by atoms with Gasteiger partial charge in [0.05, 0.1) is 12.4 Å². The van der Waals surface area contributed by atoms with E-state index in [1.54, 1.807) is 0 Å². The summed E-state index contributed by atoms with van der Waals surface area (Å²) in [5.41, 5.74) is 0. The first-order valence-electron chi connectivity index (χ1n) is 10.6. The molecule has 0 heterocycles. The fourth-order valence-corrected chi connectivity index (χ4v) is 4.57. The van der Waals surface area contributed by atoms with E-state index in [4.69, 9.17) is 0 Å². The van der Waals surface area contributed by atoms with Crippen LogP contribution in [-0.2, 0) is 19.6 Å². The van der Waals surface area contributed by atoms with Crippen molar-refractivity contribution >= 4 is 16.0 Å². The van der Waals surface area contributed by atoms with Gasteiger partial charge in [0.1, 0.15) is 0 Å². The number of nitrogens with one attached hydrogen (secondary N) is 1. The molecule has 26 heavy (non-hydrogen) atoms. The van der Waals surface area contributed by atoms with Crippen LogP contribution in [0.4, 0.5) is 0 Å². The molecule has 1 N–H and O–H groups in total. The average molecular weight is 390 g/mol. The molecule has 5 nitrogen and oxygen atoms in total. The van der Waals surface area contributed by atoms with Crippen LogP contribution in [-0.4, -0.2) is 33.3 Å². The molecule has 0 spiro atoms. The molecular formula is C20H39NO4S. The highest BCUT2D eigenvalue weighted by atomic mass is 32.2. The molecule has 0 atom stereocenters. The second kappa shape index (κ2) is 14.4. The maximum Gasteiger partial charge on any atom is 0.305 e. The van der Waals surface area contributed by atoms with Gasteiger partial charge in [-0.25, -0.2) is 13.1 Å². The van der Waals surface area contributed by atoms with E-state index in [-0.39, 0.29) is 11.2 Å². The van der Waals surface area contributed by atoms with Crippen LogP contribution in [0.25, 0.3) is 0 Å². The fraction of sp³-hybridized carbons (Fsp3) is 0.950. The number of hydrogen-bond donors (Lipinski definition) is 1. The van der Waals surface area contributed by atoms with Crippen LogP contribution >= 0.6 is 0 Å². The second-order valence-corrected chi connectivity index (χ2v) is 9.61. The standard InChI is InChI=1S/C20H39NO4S/c1-25-20(22)15-13-11-9-7-5-3-2-4-6-8-10-12-14-18-21-26(23,24)19-16-17-19/h19,21H,2-18H2,1H3. The first kappa shape index (κ1) is 23.4. The van der Waals surface area contributed by atoms with Crippen molar-refractivity contribution in [3.05, 3.63) is 0 Å². The van der Waals surface area contributed by atoms with E-state index in [0.717, 1.165) is 38.5 Å². The predicted molar refractivity (Wildman–Crippen MR) is 107 cm³/mol. The quantitative estimate of drug-likeness (QED) is 0.272. The number of hydrogen-bond acceptors (Lipinski definition) is 4. The Morgan fingerprint density at radius 1 is 0.808 bits per heavy atom. The van der Waals surface area contributed by atoms with Gasteiger partial charge in [0.25, 0.3) is 0 Å². The fourth-order valence-electron chi connectivity index (χ4n) is 3.15. The van der Waals surface area contributed by atoms with Crippen LogP contribution in [0, 0.1) is 0 Å². The maximum absolute atomic E-state index is 11.6. The molecule has 1 saturated carbocycles. The van der Waals surface area contributed by atoms with Crippen molar-refractivity contribution in [3.8, 4) is 0 Å². The largest absolute Gasteiger partial charge is 0.469 e. The number of carbonyl (C=O) groups is 1. The number of rotatable bonds is 18. The SMILES string of the molecule is COC(=O)CCCCCCCCCCCCCCCNS(=O)(=O)C1CC1. The Balaban J connectivity index is 1.71. The van der Waals surface area contributed by atoms with Crippen molar-refractivity contribution in [3.63, 3.8) is 0 Å². The third-order valence-corrected chi connectivity index (χ3v) is 7.01. The molecule has 0 aromatic carbocycles. The molecule has 1 fully saturated rings. The summed E-state index contributed by atoms with van der Waals surface area (Å²) in [7, 11) is -1.53. The van der Waals surface area contributed by atoms with Crippen LogP contribution < -0.4 is 4.72 Å². The molecule has 0 aliphatic heterocycles. The minimum Gasteiger partial charge on any atom is -0.469 e. The Morgan fingerprint density at radius 3 is 1.65 bits per heavy atom. The summed E-state index contributed by atoms with van der Waals surface area (Å²) in [5, 5.41) is -0.0950. The Hall–Kier alpha value is -0.620. The zero-order valence-corrected chi connectivity index (χ0v) is 17.5. The molecule has 6 heteroatoms. The topological polar surface area (TPSA) is 72.5 Å². The molecule has 0 amide bonds. The summed E-state index contributed by atoms with van der Waals surface area (Å²) in [5.74, 6) is -0.0930. The van der Waals surface area contributed by atoms with Crippen molar-refractivity contribution in [2.75, 3.05) is 13.7 Å². The second-order valence-electron chi connectivity index (χ2n) is 7.56. The minimum atomic E-state index is -2.98. The normalized spacial score (nSPS) is 14.5. The predicted octanol–water partition coefficient (Wildman–Crippen LogP) is 4.70. The van der Waals surface area contributed by atoms with Crippen LogP contribution in [0.15, 0.2) is 0 Å². The summed E-state index contributed by atoms with van der Waals surface area (Å²) >= 11 is 0. The minimum absolute atomic E-state index is 0.0930. The summed E-state index contributed by atoms with van der Waals surface area (Å²) < 4.78 is 30.6.